The molecule has 2 aliphatic rings. The van der Waals surface area contributed by atoms with Gasteiger partial charge in [0.1, 0.15) is 5.75 Å². The largest absolute Gasteiger partial charge is 0.493 e. The molecule has 2 aromatic rings. The van der Waals surface area contributed by atoms with Crippen molar-refractivity contribution in [3.63, 3.8) is 0 Å². The highest BCUT2D eigenvalue weighted by Crippen LogP contribution is 2.31. The van der Waals surface area contributed by atoms with Crippen molar-refractivity contribution >= 4 is 17.2 Å². The Balaban J connectivity index is 1.35. The maximum atomic E-state index is 12.7. The van der Waals surface area contributed by atoms with Crippen LogP contribution in [-0.4, -0.2) is 23.5 Å². The minimum absolute atomic E-state index is 0.160. The Morgan fingerprint density at radius 3 is 2.62 bits per heavy atom. The highest BCUT2D eigenvalue weighted by atomic mass is 32.1. The number of nitrogens with zero attached hydrogens (tertiary/aromatic N) is 1. The van der Waals surface area contributed by atoms with Crippen molar-refractivity contribution in [3.05, 3.63) is 64.4 Å². The summed E-state index contributed by atoms with van der Waals surface area (Å²) < 4.78 is 5.96. The molecular formula is C22H25NO2S. The van der Waals surface area contributed by atoms with E-state index in [9.17, 15) is 4.79 Å². The lowest BCUT2D eigenvalue weighted by Crippen LogP contribution is -2.32. The number of rotatable bonds is 7. The first-order valence-corrected chi connectivity index (χ1v) is 10.4. The molecule has 1 aromatic heterocycles. The summed E-state index contributed by atoms with van der Waals surface area (Å²) in [5, 5.41) is 1.96. The van der Waals surface area contributed by atoms with Gasteiger partial charge < -0.3 is 9.64 Å². The van der Waals surface area contributed by atoms with Gasteiger partial charge in [0.15, 0.2) is 0 Å². The van der Waals surface area contributed by atoms with Gasteiger partial charge in [-0.25, -0.2) is 0 Å². The average molecular weight is 368 g/mol. The first kappa shape index (κ1) is 17.3. The van der Waals surface area contributed by atoms with E-state index in [1.165, 1.54) is 24.2 Å². The van der Waals surface area contributed by atoms with Crippen LogP contribution in [0.2, 0.25) is 0 Å². The lowest BCUT2D eigenvalue weighted by Gasteiger charge is -2.22. The smallest absolute Gasteiger partial charge is 0.264 e. The van der Waals surface area contributed by atoms with Gasteiger partial charge in [-0.3, -0.25) is 4.79 Å². The number of amides is 1. The van der Waals surface area contributed by atoms with Gasteiger partial charge in [-0.1, -0.05) is 30.4 Å². The molecule has 4 heteroatoms. The second-order valence-electron chi connectivity index (χ2n) is 7.25. The molecule has 1 heterocycles. The zero-order valence-corrected chi connectivity index (χ0v) is 15.8. The van der Waals surface area contributed by atoms with Crippen molar-refractivity contribution in [2.24, 2.45) is 5.92 Å². The number of benzene rings is 1. The van der Waals surface area contributed by atoms with Crippen molar-refractivity contribution < 1.29 is 9.53 Å². The molecule has 2 aliphatic carbocycles. The van der Waals surface area contributed by atoms with E-state index in [4.69, 9.17) is 4.74 Å². The van der Waals surface area contributed by atoms with Gasteiger partial charge in [-0.15, -0.1) is 11.3 Å². The Morgan fingerprint density at radius 1 is 1.12 bits per heavy atom. The summed E-state index contributed by atoms with van der Waals surface area (Å²) in [6.45, 7) is 1.46. The topological polar surface area (TPSA) is 29.5 Å². The molecule has 4 rings (SSSR count). The van der Waals surface area contributed by atoms with Crippen molar-refractivity contribution in [1.29, 1.82) is 0 Å². The fourth-order valence-corrected chi connectivity index (χ4v) is 4.08. The molecule has 0 radical (unpaired) electrons. The van der Waals surface area contributed by atoms with Gasteiger partial charge >= 0.3 is 0 Å². The Kier molecular flexibility index (Phi) is 5.40. The number of hydrogen-bond donors (Lipinski definition) is 0. The van der Waals surface area contributed by atoms with Crippen LogP contribution >= 0.6 is 11.3 Å². The van der Waals surface area contributed by atoms with Crippen molar-refractivity contribution in [2.45, 2.75) is 44.7 Å². The van der Waals surface area contributed by atoms with Crippen LogP contribution in [0.5, 0.6) is 5.75 Å². The molecule has 136 valence electrons. The third-order valence-corrected chi connectivity index (χ3v) is 5.98. The number of ether oxygens (including phenoxy) is 1. The normalized spacial score (nSPS) is 19.3. The number of hydrogen-bond acceptors (Lipinski definition) is 3. The summed E-state index contributed by atoms with van der Waals surface area (Å²) in [6, 6.07) is 12.5. The Hall–Kier alpha value is -2.07. The number of allylic oxidation sites excluding steroid dienone is 2. The summed E-state index contributed by atoms with van der Waals surface area (Å²) in [7, 11) is 0. The Labute approximate surface area is 159 Å². The van der Waals surface area contributed by atoms with Crippen LogP contribution in [0.4, 0.5) is 0 Å². The molecule has 1 saturated carbocycles. The average Bonchev–Trinajstić information content (AvgIpc) is 3.38. The molecule has 0 bridgehead atoms. The van der Waals surface area contributed by atoms with Crippen LogP contribution < -0.4 is 4.74 Å². The van der Waals surface area contributed by atoms with Gasteiger partial charge in [0.05, 0.1) is 11.5 Å². The van der Waals surface area contributed by atoms with Crippen LogP contribution in [-0.2, 0) is 6.54 Å². The highest BCUT2D eigenvalue weighted by molar-refractivity contribution is 7.12. The predicted molar refractivity (Wildman–Crippen MR) is 106 cm³/mol. The molecule has 0 spiro atoms. The first-order valence-electron chi connectivity index (χ1n) is 9.51. The molecular weight excluding hydrogens is 342 g/mol. The maximum Gasteiger partial charge on any atom is 0.264 e. The quantitative estimate of drug-likeness (QED) is 0.623. The highest BCUT2D eigenvalue weighted by Gasteiger charge is 2.33. The Morgan fingerprint density at radius 2 is 1.96 bits per heavy atom. The van der Waals surface area contributed by atoms with E-state index in [0.29, 0.717) is 18.5 Å². The molecule has 26 heavy (non-hydrogen) atoms. The minimum atomic E-state index is 0.160. The summed E-state index contributed by atoms with van der Waals surface area (Å²) in [5.41, 5.74) is 1.16. The molecule has 1 unspecified atom stereocenters. The van der Waals surface area contributed by atoms with Gasteiger partial charge in [0, 0.05) is 12.6 Å². The van der Waals surface area contributed by atoms with Crippen LogP contribution in [0, 0.1) is 5.92 Å². The molecule has 1 aromatic carbocycles. The van der Waals surface area contributed by atoms with Gasteiger partial charge in [0.25, 0.3) is 5.91 Å². The minimum Gasteiger partial charge on any atom is -0.493 e. The predicted octanol–water partition coefficient (Wildman–Crippen LogP) is 5.29. The molecule has 1 fully saturated rings. The fourth-order valence-electron chi connectivity index (χ4n) is 3.40. The van der Waals surface area contributed by atoms with Crippen LogP contribution in [0.25, 0.3) is 0 Å². The number of thiophene rings is 1. The van der Waals surface area contributed by atoms with E-state index < -0.39 is 0 Å². The molecule has 3 nitrogen and oxygen atoms in total. The van der Waals surface area contributed by atoms with E-state index >= 15 is 0 Å². The van der Waals surface area contributed by atoms with Gasteiger partial charge in [0.2, 0.25) is 0 Å². The number of carbonyl (C=O) groups is 1. The van der Waals surface area contributed by atoms with E-state index in [0.717, 1.165) is 42.1 Å². The third-order valence-electron chi connectivity index (χ3n) is 5.12. The monoisotopic (exact) mass is 367 g/mol. The maximum absolute atomic E-state index is 12.7. The van der Waals surface area contributed by atoms with Crippen molar-refractivity contribution in [2.75, 3.05) is 6.61 Å². The Bertz CT molecular complexity index is 747. The second-order valence-corrected chi connectivity index (χ2v) is 8.19. The van der Waals surface area contributed by atoms with Crippen LogP contribution in [0.1, 0.15) is 47.3 Å². The van der Waals surface area contributed by atoms with Crippen LogP contribution in [0.3, 0.4) is 0 Å². The third kappa shape index (κ3) is 4.36. The molecule has 1 atom stereocenters. The first-order chi connectivity index (χ1) is 12.8. The molecule has 0 saturated heterocycles. The molecule has 0 N–H and O–H groups in total. The van der Waals surface area contributed by atoms with E-state index in [1.54, 1.807) is 0 Å². The zero-order valence-electron chi connectivity index (χ0n) is 15.0. The SMILES string of the molecule is O=C(c1cccs1)N(Cc1ccc(OCC2CC=CCC2)cc1)C1CC1. The van der Waals surface area contributed by atoms with Gasteiger partial charge in [-0.05, 0) is 67.2 Å². The van der Waals surface area contributed by atoms with E-state index in [-0.39, 0.29) is 5.91 Å². The van der Waals surface area contributed by atoms with E-state index in [1.807, 2.05) is 34.5 Å². The summed E-state index contributed by atoms with van der Waals surface area (Å²) in [6.07, 6.45) is 10.3. The van der Waals surface area contributed by atoms with E-state index in [2.05, 4.69) is 24.3 Å². The summed E-state index contributed by atoms with van der Waals surface area (Å²) in [4.78, 5) is 15.6. The number of carbonyl (C=O) groups excluding carboxylic acids is 1. The summed E-state index contributed by atoms with van der Waals surface area (Å²) >= 11 is 1.52. The second kappa shape index (κ2) is 8.09. The van der Waals surface area contributed by atoms with Crippen molar-refractivity contribution in [1.82, 2.24) is 4.90 Å². The molecule has 1 amide bonds. The zero-order chi connectivity index (χ0) is 17.8. The molecule has 0 aliphatic heterocycles. The standard InChI is InChI=1S/C22H25NO2S/c24-22(21-7-4-14-26-21)23(19-10-11-19)15-17-8-12-20(13-9-17)25-16-18-5-2-1-3-6-18/h1-2,4,7-9,12-14,18-19H,3,5-6,10-11,15-16H2. The lowest BCUT2D eigenvalue weighted by molar-refractivity contribution is 0.0735. The fraction of sp³-hybridized carbons (Fsp3) is 0.409. The lowest BCUT2D eigenvalue weighted by atomic mass is 9.95. The van der Waals surface area contributed by atoms with Crippen molar-refractivity contribution in [3.8, 4) is 5.75 Å². The summed E-state index contributed by atoms with van der Waals surface area (Å²) in [5.74, 6) is 1.72. The van der Waals surface area contributed by atoms with Crippen LogP contribution in [0.15, 0.2) is 53.9 Å². The van der Waals surface area contributed by atoms with Gasteiger partial charge in [-0.2, -0.15) is 0 Å².